The molecule has 0 spiro atoms. The van der Waals surface area contributed by atoms with E-state index in [0.717, 1.165) is 0 Å². The van der Waals surface area contributed by atoms with Crippen molar-refractivity contribution in [1.82, 2.24) is 0 Å². The molecule has 0 aliphatic carbocycles. The molecule has 0 fully saturated rings. The monoisotopic (exact) mass is 243 g/mol. The molecule has 0 saturated heterocycles. The number of aliphatic carboxylic acids is 2. The SMILES string of the molecule is O=C([O-])C(=O)[O-].O=S(=O)([O-])[O-].[Co+4]. The summed E-state index contributed by atoms with van der Waals surface area (Å²) in [7, 11) is -5.17. The number of hydrogen-bond acceptors (Lipinski definition) is 8. The maximum Gasteiger partial charge on any atom is 4.00 e. The van der Waals surface area contributed by atoms with E-state index in [1.165, 1.54) is 0 Å². The van der Waals surface area contributed by atoms with Crippen LogP contribution < -0.4 is 10.2 Å². The van der Waals surface area contributed by atoms with E-state index in [0.29, 0.717) is 0 Å². The van der Waals surface area contributed by atoms with Crippen molar-refractivity contribution < 1.29 is 54.1 Å². The second kappa shape index (κ2) is 6.99. The molecule has 0 aromatic heterocycles. The number of carbonyl (C=O) groups excluding carboxylic acids is 2. The Kier molecular flexibility index (Phi) is 10.1. The first-order valence-electron chi connectivity index (χ1n) is 1.73. The smallest absolute Gasteiger partial charge is 0.759 e. The molecule has 0 amide bonds. The van der Waals surface area contributed by atoms with Crippen molar-refractivity contribution in [3.05, 3.63) is 0 Å². The summed E-state index contributed by atoms with van der Waals surface area (Å²) in [4.78, 5) is 17.9. The average Bonchev–Trinajstić information content (AvgIpc) is 1.59. The van der Waals surface area contributed by atoms with Gasteiger partial charge < -0.3 is 28.9 Å². The van der Waals surface area contributed by atoms with Gasteiger partial charge in [0.25, 0.3) is 0 Å². The normalized spacial score (nSPS) is 8.50. The van der Waals surface area contributed by atoms with Crippen molar-refractivity contribution in [3.63, 3.8) is 0 Å². The molecule has 0 rings (SSSR count). The Bertz CT molecular complexity index is 220. The third-order valence-electron chi connectivity index (χ3n) is 0.167. The van der Waals surface area contributed by atoms with Gasteiger partial charge in [0.2, 0.25) is 0 Å². The summed E-state index contributed by atoms with van der Waals surface area (Å²) in [5.41, 5.74) is 0. The van der Waals surface area contributed by atoms with E-state index in [-0.39, 0.29) is 16.8 Å². The first-order chi connectivity index (χ1) is 4.64. The molecule has 0 aromatic rings. The fourth-order valence-corrected chi connectivity index (χ4v) is 0. The summed E-state index contributed by atoms with van der Waals surface area (Å²) in [5.74, 6) is -4.37. The van der Waals surface area contributed by atoms with E-state index >= 15 is 0 Å². The number of hydrogen-bond donors (Lipinski definition) is 0. The molecule has 0 heterocycles. The Morgan fingerprint density at radius 2 is 1.00 bits per heavy atom. The molecule has 0 bridgehead atoms. The predicted octanol–water partition coefficient (Wildman–Crippen LogP) is -4.85. The van der Waals surface area contributed by atoms with Gasteiger partial charge in [-0.05, 0) is 0 Å². The van der Waals surface area contributed by atoms with E-state index < -0.39 is 22.3 Å². The minimum Gasteiger partial charge on any atom is -0.759 e. The average molecular weight is 243 g/mol. The van der Waals surface area contributed by atoms with Gasteiger partial charge in [0.1, 0.15) is 0 Å². The molecule has 0 atom stereocenters. The van der Waals surface area contributed by atoms with Crippen LogP contribution in [-0.2, 0) is 36.8 Å². The van der Waals surface area contributed by atoms with Crippen LogP contribution in [0.25, 0.3) is 0 Å². The Morgan fingerprint density at radius 1 is 0.917 bits per heavy atom. The third kappa shape index (κ3) is 58.6. The van der Waals surface area contributed by atoms with Gasteiger partial charge >= 0.3 is 16.8 Å². The summed E-state index contributed by atoms with van der Waals surface area (Å²) in [6.45, 7) is 0. The van der Waals surface area contributed by atoms with Crippen LogP contribution in [0, 0.1) is 0 Å². The van der Waals surface area contributed by atoms with Crippen molar-refractivity contribution in [3.8, 4) is 0 Å². The summed E-state index contributed by atoms with van der Waals surface area (Å²) >= 11 is 0. The van der Waals surface area contributed by atoms with Crippen LogP contribution in [0.4, 0.5) is 0 Å². The van der Waals surface area contributed by atoms with E-state index in [2.05, 4.69) is 0 Å². The van der Waals surface area contributed by atoms with Gasteiger partial charge in [0.05, 0.1) is 11.9 Å². The molecule has 0 aromatic carbocycles. The quantitative estimate of drug-likeness (QED) is 0.232. The molecule has 8 nitrogen and oxygen atoms in total. The zero-order chi connectivity index (χ0) is 9.65. The summed E-state index contributed by atoms with van der Waals surface area (Å²) in [6, 6.07) is 0. The second-order valence-corrected chi connectivity index (χ2v) is 1.80. The van der Waals surface area contributed by atoms with Crippen LogP contribution in [0.3, 0.4) is 0 Å². The van der Waals surface area contributed by atoms with Crippen molar-refractivity contribution >= 4 is 22.3 Å². The van der Waals surface area contributed by atoms with Crippen molar-refractivity contribution in [2.75, 3.05) is 0 Å². The molecule has 71 valence electrons. The molecular weight excluding hydrogens is 243 g/mol. The second-order valence-electron chi connectivity index (χ2n) is 0.983. The van der Waals surface area contributed by atoms with Crippen LogP contribution in [0.5, 0.6) is 0 Å². The first kappa shape index (κ1) is 17.4. The summed E-state index contributed by atoms with van der Waals surface area (Å²) in [5, 5.41) is 17.9. The minimum absolute atomic E-state index is 0. The first-order valence-corrected chi connectivity index (χ1v) is 3.07. The van der Waals surface area contributed by atoms with Gasteiger partial charge in [-0.15, -0.1) is 0 Å². The summed E-state index contributed by atoms with van der Waals surface area (Å²) in [6.07, 6.45) is 0. The molecule has 12 heavy (non-hydrogen) atoms. The molecule has 0 N–H and O–H groups in total. The van der Waals surface area contributed by atoms with Crippen molar-refractivity contribution in [1.29, 1.82) is 0 Å². The molecule has 0 aliphatic heterocycles. The molecule has 0 aliphatic rings. The summed E-state index contributed by atoms with van der Waals surface area (Å²) < 4.78 is 34.1. The van der Waals surface area contributed by atoms with E-state index in [1.807, 2.05) is 0 Å². The molecule has 0 saturated carbocycles. The van der Waals surface area contributed by atoms with E-state index in [9.17, 15) is 0 Å². The zero-order valence-electron chi connectivity index (χ0n) is 5.01. The van der Waals surface area contributed by atoms with Gasteiger partial charge in [-0.25, -0.2) is 0 Å². The Hall–Kier alpha value is -0.684. The Morgan fingerprint density at radius 3 is 1.00 bits per heavy atom. The maximum atomic E-state index is 8.93. The van der Waals surface area contributed by atoms with Crippen LogP contribution in [0.1, 0.15) is 0 Å². The van der Waals surface area contributed by atoms with Crippen LogP contribution in [-0.4, -0.2) is 29.5 Å². The molecular formula is C2CoO8S. The maximum absolute atomic E-state index is 8.93. The van der Waals surface area contributed by atoms with Crippen LogP contribution >= 0.6 is 0 Å². The van der Waals surface area contributed by atoms with Gasteiger partial charge in [0.15, 0.2) is 0 Å². The number of carboxylic acids is 2. The largest absolute Gasteiger partial charge is 4.00 e. The van der Waals surface area contributed by atoms with E-state index in [4.69, 9.17) is 37.3 Å². The van der Waals surface area contributed by atoms with E-state index in [1.54, 1.807) is 0 Å². The fourth-order valence-electron chi connectivity index (χ4n) is 0. The number of rotatable bonds is 0. The molecule has 10 heteroatoms. The molecule has 1 radical (unpaired) electrons. The third-order valence-corrected chi connectivity index (χ3v) is 0.167. The fraction of sp³-hybridized carbons (Fsp3) is 0. The van der Waals surface area contributed by atoms with Gasteiger partial charge in [0, 0.05) is 10.4 Å². The standard InChI is InChI=1S/C2H2O4.Co.H2O4S/c3-1(4)2(5)6;;1-5(2,3)4/h(H,3,4)(H,5,6);;(H2,1,2,3,4)/q;+4;/p-4. The van der Waals surface area contributed by atoms with Gasteiger partial charge in [-0.1, -0.05) is 0 Å². The van der Waals surface area contributed by atoms with Gasteiger partial charge in [-0.2, -0.15) is 0 Å². The molecule has 0 unspecified atom stereocenters. The topological polar surface area (TPSA) is 161 Å². The van der Waals surface area contributed by atoms with Crippen molar-refractivity contribution in [2.24, 2.45) is 0 Å². The van der Waals surface area contributed by atoms with Crippen molar-refractivity contribution in [2.45, 2.75) is 0 Å². The Balaban J connectivity index is -0.000000126. The number of carboxylic acid groups (broad SMARTS) is 2. The van der Waals surface area contributed by atoms with Gasteiger partial charge in [-0.3, -0.25) is 8.42 Å². The van der Waals surface area contributed by atoms with Crippen LogP contribution in [0.2, 0.25) is 0 Å². The Labute approximate surface area is 77.0 Å². The number of carbonyl (C=O) groups is 2. The minimum atomic E-state index is -5.17. The predicted molar refractivity (Wildman–Crippen MR) is 20.5 cm³/mol. The van der Waals surface area contributed by atoms with Crippen LogP contribution in [0.15, 0.2) is 0 Å². The zero-order valence-corrected chi connectivity index (χ0v) is 6.87.